The second-order valence-electron chi connectivity index (χ2n) is 8.21. The zero-order valence-electron chi connectivity index (χ0n) is 16.9. The van der Waals surface area contributed by atoms with Crippen LogP contribution in [0.5, 0.6) is 0 Å². The van der Waals surface area contributed by atoms with Gasteiger partial charge in [0.15, 0.2) is 5.82 Å². The molecule has 0 radical (unpaired) electrons. The molecule has 3 N–H and O–H groups in total. The van der Waals surface area contributed by atoms with Crippen molar-refractivity contribution in [2.45, 2.75) is 57.0 Å². The van der Waals surface area contributed by atoms with Gasteiger partial charge in [-0.2, -0.15) is 0 Å². The maximum absolute atomic E-state index is 12.3. The molecule has 1 aliphatic heterocycles. The highest BCUT2D eigenvalue weighted by Crippen LogP contribution is 2.24. The van der Waals surface area contributed by atoms with Crippen LogP contribution >= 0.6 is 11.8 Å². The third-order valence-electron chi connectivity index (χ3n) is 4.79. The minimum Gasteiger partial charge on any atom is -0.372 e. The first-order valence-corrected chi connectivity index (χ1v) is 10.8. The van der Waals surface area contributed by atoms with Crippen molar-refractivity contribution in [3.8, 4) is 0 Å². The fourth-order valence-electron chi connectivity index (χ4n) is 3.30. The van der Waals surface area contributed by atoms with Gasteiger partial charge in [-0.15, -0.1) is 10.2 Å². The average Bonchev–Trinajstić information content (AvgIpc) is 2.85. The molecule has 1 aliphatic rings. The third-order valence-corrected chi connectivity index (χ3v) is 5.73. The number of nitrogens with one attached hydrogen (secondary N) is 1. The van der Waals surface area contributed by atoms with E-state index in [-0.39, 0.29) is 17.1 Å². The smallest absolute Gasteiger partial charge is 0.234 e. The van der Waals surface area contributed by atoms with E-state index in [1.165, 1.54) is 47.8 Å². The van der Waals surface area contributed by atoms with Gasteiger partial charge < -0.3 is 16.1 Å². The number of carbonyl (C=O) groups is 1. The van der Waals surface area contributed by atoms with E-state index in [4.69, 9.17) is 5.84 Å². The number of aromatic nitrogens is 3. The molecular weight excluding hydrogens is 372 g/mol. The van der Waals surface area contributed by atoms with Crippen LogP contribution < -0.4 is 16.1 Å². The molecule has 1 aromatic carbocycles. The number of nitrogen functional groups attached to an aromatic ring is 1. The monoisotopic (exact) mass is 402 g/mol. The molecule has 7 nitrogen and oxygen atoms in total. The summed E-state index contributed by atoms with van der Waals surface area (Å²) in [6.45, 7) is 8.29. The van der Waals surface area contributed by atoms with Gasteiger partial charge in [0, 0.05) is 29.9 Å². The van der Waals surface area contributed by atoms with Crippen molar-refractivity contribution in [3.63, 3.8) is 0 Å². The summed E-state index contributed by atoms with van der Waals surface area (Å²) in [7, 11) is 0. The van der Waals surface area contributed by atoms with Gasteiger partial charge >= 0.3 is 0 Å². The van der Waals surface area contributed by atoms with Crippen LogP contribution in [-0.4, -0.2) is 39.6 Å². The first-order valence-electron chi connectivity index (χ1n) is 9.83. The summed E-state index contributed by atoms with van der Waals surface area (Å²) in [4.78, 5) is 14.7. The molecule has 0 unspecified atom stereocenters. The molecular formula is C20H30N6OS. The SMILES string of the molecule is CC(C)(C)c1nnc(SCC(=O)Nc2ccc(N3CCCCCC3)cc2)n1N. The summed E-state index contributed by atoms with van der Waals surface area (Å²) in [6.07, 6.45) is 5.13. The number of hydrogen-bond acceptors (Lipinski definition) is 6. The van der Waals surface area contributed by atoms with Gasteiger partial charge in [-0.25, -0.2) is 4.68 Å². The number of hydrogen-bond donors (Lipinski definition) is 2. The Kier molecular flexibility index (Phi) is 6.49. The first kappa shape index (κ1) is 20.5. The minimum absolute atomic E-state index is 0.0900. The number of benzene rings is 1. The van der Waals surface area contributed by atoms with Crippen LogP contribution in [-0.2, 0) is 10.2 Å². The molecule has 1 amide bonds. The van der Waals surface area contributed by atoms with E-state index >= 15 is 0 Å². The summed E-state index contributed by atoms with van der Waals surface area (Å²) < 4.78 is 1.47. The lowest BCUT2D eigenvalue weighted by Gasteiger charge is -2.22. The minimum atomic E-state index is -0.196. The highest BCUT2D eigenvalue weighted by atomic mass is 32.2. The van der Waals surface area contributed by atoms with Crippen molar-refractivity contribution in [1.82, 2.24) is 14.9 Å². The molecule has 1 fully saturated rings. The zero-order valence-corrected chi connectivity index (χ0v) is 17.8. The van der Waals surface area contributed by atoms with E-state index in [0.717, 1.165) is 18.8 Å². The van der Waals surface area contributed by atoms with E-state index in [2.05, 4.69) is 32.5 Å². The number of nitrogens with zero attached hydrogens (tertiary/aromatic N) is 4. The van der Waals surface area contributed by atoms with Crippen molar-refractivity contribution in [1.29, 1.82) is 0 Å². The molecule has 28 heavy (non-hydrogen) atoms. The van der Waals surface area contributed by atoms with Crippen LogP contribution in [0.25, 0.3) is 0 Å². The standard InChI is InChI=1S/C20H30N6OS/c1-20(2,3)18-23-24-19(26(18)21)28-14-17(27)22-15-8-10-16(11-9-15)25-12-6-4-5-7-13-25/h8-11H,4-7,12-14,21H2,1-3H3,(H,22,27). The predicted octanol–water partition coefficient (Wildman–Crippen LogP) is 3.40. The Hall–Kier alpha value is -2.22. The Balaban J connectivity index is 1.53. The summed E-state index contributed by atoms with van der Waals surface area (Å²) in [5.41, 5.74) is 1.83. The first-order chi connectivity index (χ1) is 13.3. The Morgan fingerprint density at radius 3 is 2.32 bits per heavy atom. The van der Waals surface area contributed by atoms with E-state index < -0.39 is 0 Å². The maximum atomic E-state index is 12.3. The van der Waals surface area contributed by atoms with Gasteiger partial charge in [0.25, 0.3) is 0 Å². The Labute approximate surface area is 171 Å². The number of anilines is 2. The third kappa shape index (κ3) is 5.19. The van der Waals surface area contributed by atoms with E-state index in [0.29, 0.717) is 11.0 Å². The van der Waals surface area contributed by atoms with E-state index in [1.54, 1.807) is 0 Å². The molecule has 8 heteroatoms. The van der Waals surface area contributed by atoms with Gasteiger partial charge in [0.05, 0.1) is 5.75 Å². The van der Waals surface area contributed by atoms with Crippen LogP contribution in [0.2, 0.25) is 0 Å². The topological polar surface area (TPSA) is 89.1 Å². The lowest BCUT2D eigenvalue weighted by molar-refractivity contribution is -0.113. The molecule has 1 aromatic heterocycles. The molecule has 152 valence electrons. The average molecular weight is 403 g/mol. The summed E-state index contributed by atoms with van der Waals surface area (Å²) in [6, 6.07) is 8.10. The molecule has 0 atom stereocenters. The fraction of sp³-hybridized carbons (Fsp3) is 0.550. The molecule has 0 saturated carbocycles. The van der Waals surface area contributed by atoms with Crippen molar-refractivity contribution < 1.29 is 4.79 Å². The molecule has 3 rings (SSSR count). The fourth-order valence-corrected chi connectivity index (χ4v) is 3.95. The lowest BCUT2D eigenvalue weighted by Crippen LogP contribution is -2.24. The summed E-state index contributed by atoms with van der Waals surface area (Å²) in [5, 5.41) is 11.7. The summed E-state index contributed by atoms with van der Waals surface area (Å²) in [5.74, 6) is 6.89. The quantitative estimate of drug-likeness (QED) is 0.589. The van der Waals surface area contributed by atoms with Gasteiger partial charge in [-0.1, -0.05) is 45.4 Å². The summed E-state index contributed by atoms with van der Waals surface area (Å²) >= 11 is 1.28. The largest absolute Gasteiger partial charge is 0.372 e. The van der Waals surface area contributed by atoms with Crippen molar-refractivity contribution in [2.24, 2.45) is 0 Å². The predicted molar refractivity (Wildman–Crippen MR) is 115 cm³/mol. The normalized spacial score (nSPS) is 15.3. The number of rotatable bonds is 5. The van der Waals surface area contributed by atoms with Gasteiger partial charge in [0.1, 0.15) is 0 Å². The van der Waals surface area contributed by atoms with Crippen LogP contribution in [0.1, 0.15) is 52.3 Å². The van der Waals surface area contributed by atoms with Crippen LogP contribution in [0, 0.1) is 0 Å². The maximum Gasteiger partial charge on any atom is 0.234 e. The van der Waals surface area contributed by atoms with Crippen molar-refractivity contribution in [2.75, 3.05) is 34.9 Å². The van der Waals surface area contributed by atoms with Crippen molar-refractivity contribution in [3.05, 3.63) is 30.1 Å². The molecule has 1 saturated heterocycles. The Morgan fingerprint density at radius 2 is 1.75 bits per heavy atom. The number of nitrogens with two attached hydrogens (primary N) is 1. The van der Waals surface area contributed by atoms with Crippen LogP contribution in [0.4, 0.5) is 11.4 Å². The molecule has 2 aromatic rings. The number of thioether (sulfide) groups is 1. The molecule has 2 heterocycles. The van der Waals surface area contributed by atoms with E-state index in [9.17, 15) is 4.79 Å². The zero-order chi connectivity index (χ0) is 20.1. The lowest BCUT2D eigenvalue weighted by atomic mass is 9.96. The van der Waals surface area contributed by atoms with Gasteiger partial charge in [-0.05, 0) is 37.1 Å². The molecule has 0 bridgehead atoms. The van der Waals surface area contributed by atoms with Crippen LogP contribution in [0.3, 0.4) is 0 Å². The second-order valence-corrected chi connectivity index (χ2v) is 9.15. The molecule has 0 aliphatic carbocycles. The highest BCUT2D eigenvalue weighted by Gasteiger charge is 2.23. The Bertz CT molecular complexity index is 788. The second kappa shape index (κ2) is 8.86. The Morgan fingerprint density at radius 1 is 1.11 bits per heavy atom. The van der Waals surface area contributed by atoms with Crippen LogP contribution in [0.15, 0.2) is 29.4 Å². The number of amides is 1. The van der Waals surface area contributed by atoms with Gasteiger partial charge in [0.2, 0.25) is 11.1 Å². The van der Waals surface area contributed by atoms with E-state index in [1.807, 2.05) is 32.9 Å². The number of carbonyl (C=O) groups excluding carboxylic acids is 1. The van der Waals surface area contributed by atoms with Crippen molar-refractivity contribution >= 4 is 29.0 Å². The highest BCUT2D eigenvalue weighted by molar-refractivity contribution is 7.99. The van der Waals surface area contributed by atoms with Gasteiger partial charge in [-0.3, -0.25) is 4.79 Å². The molecule has 0 spiro atoms.